The van der Waals surface area contributed by atoms with Gasteiger partial charge in [-0.1, -0.05) is 45.3 Å². The zero-order chi connectivity index (χ0) is 15.2. The normalized spacial score (nSPS) is 34.2. The molecule has 2 nitrogen and oxygen atoms in total. The van der Waals surface area contributed by atoms with Crippen molar-refractivity contribution in [3.63, 3.8) is 0 Å². The highest BCUT2D eigenvalue weighted by Crippen LogP contribution is 2.53. The predicted octanol–water partition coefficient (Wildman–Crippen LogP) is 4.70. The van der Waals surface area contributed by atoms with Gasteiger partial charge in [0.15, 0.2) is 0 Å². The highest BCUT2D eigenvalue weighted by atomic mass is 16.3. The minimum Gasteiger partial charge on any atom is -0.389 e. The quantitative estimate of drug-likeness (QED) is 0.658. The highest BCUT2D eigenvalue weighted by molar-refractivity contribution is 5.08. The van der Waals surface area contributed by atoms with Crippen LogP contribution in [0.4, 0.5) is 0 Å². The third kappa shape index (κ3) is 3.89. The molecule has 6 atom stereocenters. The molecule has 0 amide bonds. The van der Waals surface area contributed by atoms with Gasteiger partial charge >= 0.3 is 0 Å². The van der Waals surface area contributed by atoms with E-state index in [1.807, 2.05) is 0 Å². The largest absolute Gasteiger partial charge is 0.389 e. The van der Waals surface area contributed by atoms with Crippen LogP contribution in [-0.4, -0.2) is 11.2 Å². The van der Waals surface area contributed by atoms with E-state index in [9.17, 15) is 5.11 Å². The second-order valence-corrected chi connectivity index (χ2v) is 7.12. The smallest absolute Gasteiger partial charge is 0.0749 e. The molecular formula is C19H31NO. The van der Waals surface area contributed by atoms with E-state index in [1.165, 1.54) is 32.1 Å². The van der Waals surface area contributed by atoms with Crippen molar-refractivity contribution in [3.05, 3.63) is 12.2 Å². The number of rotatable bonds is 8. The lowest BCUT2D eigenvalue weighted by Crippen LogP contribution is -2.22. The Morgan fingerprint density at radius 2 is 2.05 bits per heavy atom. The zero-order valence-corrected chi connectivity index (χ0v) is 13.7. The fraction of sp³-hybridized carbons (Fsp3) is 0.842. The van der Waals surface area contributed by atoms with Gasteiger partial charge in [-0.2, -0.15) is 5.26 Å². The molecule has 2 heteroatoms. The first-order valence-electron chi connectivity index (χ1n) is 8.94. The molecule has 2 aliphatic carbocycles. The fourth-order valence-corrected chi connectivity index (χ4v) is 4.65. The second-order valence-electron chi connectivity index (χ2n) is 7.12. The van der Waals surface area contributed by atoms with E-state index in [4.69, 9.17) is 5.26 Å². The van der Waals surface area contributed by atoms with Crippen LogP contribution in [0.25, 0.3) is 0 Å². The standard InChI is InChI=1S/C19H31NO/c1-3-5-6-14(4-2)19(21)10-9-17-15-7-8-16(13-15)18(17)11-12-20/h9-10,14-19,21H,3-8,11,13H2,1-2H3/t14?,15-,16-,17?,18?,19?/m0/s1. The Kier molecular flexibility index (Phi) is 6.30. The first-order chi connectivity index (χ1) is 10.2. The highest BCUT2D eigenvalue weighted by Gasteiger charge is 2.45. The molecular weight excluding hydrogens is 258 g/mol. The average molecular weight is 289 g/mol. The number of hydrogen-bond acceptors (Lipinski definition) is 2. The van der Waals surface area contributed by atoms with Crippen molar-refractivity contribution >= 4 is 0 Å². The third-order valence-corrected chi connectivity index (χ3v) is 5.95. The lowest BCUT2D eigenvalue weighted by Gasteiger charge is -2.27. The monoisotopic (exact) mass is 289 g/mol. The van der Waals surface area contributed by atoms with E-state index in [0.717, 1.165) is 24.7 Å². The zero-order valence-electron chi connectivity index (χ0n) is 13.7. The lowest BCUT2D eigenvalue weighted by molar-refractivity contribution is 0.140. The minimum absolute atomic E-state index is 0.302. The number of fused-ring (bicyclic) bond motifs is 2. The summed E-state index contributed by atoms with van der Waals surface area (Å²) in [6, 6.07) is 2.38. The number of hydrogen-bond donors (Lipinski definition) is 1. The molecule has 0 aliphatic heterocycles. The van der Waals surface area contributed by atoms with E-state index in [0.29, 0.717) is 24.2 Å². The van der Waals surface area contributed by atoms with Crippen LogP contribution in [-0.2, 0) is 0 Å². The predicted molar refractivity (Wildman–Crippen MR) is 86.5 cm³/mol. The number of nitrogens with zero attached hydrogens (tertiary/aromatic N) is 1. The number of allylic oxidation sites excluding steroid dienone is 1. The van der Waals surface area contributed by atoms with E-state index >= 15 is 0 Å². The molecule has 0 aromatic heterocycles. The van der Waals surface area contributed by atoms with Gasteiger partial charge in [0.25, 0.3) is 0 Å². The molecule has 2 bridgehead atoms. The van der Waals surface area contributed by atoms with Crippen molar-refractivity contribution in [3.8, 4) is 6.07 Å². The van der Waals surface area contributed by atoms with Crippen LogP contribution in [0.2, 0.25) is 0 Å². The lowest BCUT2D eigenvalue weighted by atomic mass is 9.77. The van der Waals surface area contributed by atoms with Gasteiger partial charge < -0.3 is 5.11 Å². The topological polar surface area (TPSA) is 44.0 Å². The molecule has 0 aromatic carbocycles. The minimum atomic E-state index is -0.302. The summed E-state index contributed by atoms with van der Waals surface area (Å²) in [4.78, 5) is 0. The molecule has 2 fully saturated rings. The van der Waals surface area contributed by atoms with E-state index in [2.05, 4.69) is 32.1 Å². The van der Waals surface area contributed by atoms with E-state index < -0.39 is 0 Å². The molecule has 0 heterocycles. The number of nitriles is 1. The van der Waals surface area contributed by atoms with E-state index in [1.54, 1.807) is 0 Å². The van der Waals surface area contributed by atoms with Crippen LogP contribution in [0.3, 0.4) is 0 Å². The van der Waals surface area contributed by atoms with Crippen LogP contribution in [0.15, 0.2) is 12.2 Å². The maximum Gasteiger partial charge on any atom is 0.0749 e. The molecule has 0 saturated heterocycles. The van der Waals surface area contributed by atoms with Crippen LogP contribution in [0.5, 0.6) is 0 Å². The van der Waals surface area contributed by atoms with Gasteiger partial charge in [-0.15, -0.1) is 0 Å². The summed E-state index contributed by atoms with van der Waals surface area (Å²) < 4.78 is 0. The molecule has 2 saturated carbocycles. The van der Waals surface area contributed by atoms with Gasteiger partial charge in [0.2, 0.25) is 0 Å². The SMILES string of the molecule is CCCCC(CC)C(O)C=CC1C(CC#N)[C@H]2CC[C@H]1C2. The Morgan fingerprint density at radius 3 is 2.71 bits per heavy atom. The van der Waals surface area contributed by atoms with Gasteiger partial charge in [-0.25, -0.2) is 0 Å². The van der Waals surface area contributed by atoms with Gasteiger partial charge in [0.1, 0.15) is 0 Å². The van der Waals surface area contributed by atoms with E-state index in [-0.39, 0.29) is 6.10 Å². The summed E-state index contributed by atoms with van der Waals surface area (Å²) in [7, 11) is 0. The van der Waals surface area contributed by atoms with Gasteiger partial charge in [0.05, 0.1) is 12.2 Å². The number of aliphatic hydroxyl groups excluding tert-OH is 1. The maximum absolute atomic E-state index is 10.4. The first kappa shape index (κ1) is 16.6. The molecule has 4 unspecified atom stereocenters. The molecule has 0 aromatic rings. The van der Waals surface area contributed by atoms with Gasteiger partial charge in [-0.05, 0) is 55.3 Å². The Morgan fingerprint density at radius 1 is 1.29 bits per heavy atom. The fourth-order valence-electron chi connectivity index (χ4n) is 4.65. The van der Waals surface area contributed by atoms with Crippen molar-refractivity contribution in [2.45, 2.75) is 71.3 Å². The Balaban J connectivity index is 1.94. The van der Waals surface area contributed by atoms with Crippen LogP contribution in [0, 0.1) is 40.9 Å². The molecule has 0 spiro atoms. The number of aliphatic hydroxyl groups is 1. The molecule has 2 rings (SSSR count). The Labute approximate surface area is 130 Å². The van der Waals surface area contributed by atoms with Crippen LogP contribution in [0.1, 0.15) is 65.2 Å². The van der Waals surface area contributed by atoms with Gasteiger partial charge in [-0.3, -0.25) is 0 Å². The second kappa shape index (κ2) is 7.99. The Hall–Kier alpha value is -0.810. The summed E-state index contributed by atoms with van der Waals surface area (Å²) in [5.74, 6) is 3.03. The van der Waals surface area contributed by atoms with Crippen molar-refractivity contribution < 1.29 is 5.11 Å². The average Bonchev–Trinajstić information content (AvgIpc) is 3.08. The summed E-state index contributed by atoms with van der Waals surface area (Å²) in [6.45, 7) is 4.38. The third-order valence-electron chi connectivity index (χ3n) is 5.95. The summed E-state index contributed by atoms with van der Waals surface area (Å²) in [6.07, 6.45) is 13.2. The maximum atomic E-state index is 10.4. The summed E-state index contributed by atoms with van der Waals surface area (Å²) in [5.41, 5.74) is 0. The van der Waals surface area contributed by atoms with Gasteiger partial charge in [0, 0.05) is 6.42 Å². The Bertz CT molecular complexity index is 384. The molecule has 1 N–H and O–H groups in total. The van der Waals surface area contributed by atoms with Crippen molar-refractivity contribution in [2.75, 3.05) is 0 Å². The van der Waals surface area contributed by atoms with Crippen LogP contribution >= 0.6 is 0 Å². The van der Waals surface area contributed by atoms with Crippen molar-refractivity contribution in [1.82, 2.24) is 0 Å². The molecule has 0 radical (unpaired) electrons. The number of unbranched alkanes of at least 4 members (excludes halogenated alkanes) is 1. The first-order valence-corrected chi connectivity index (χ1v) is 8.94. The molecule has 2 aliphatic rings. The van der Waals surface area contributed by atoms with Crippen LogP contribution < -0.4 is 0 Å². The molecule has 21 heavy (non-hydrogen) atoms. The molecule has 118 valence electrons. The summed E-state index contributed by atoms with van der Waals surface area (Å²) in [5, 5.41) is 19.5. The summed E-state index contributed by atoms with van der Waals surface area (Å²) >= 11 is 0. The van der Waals surface area contributed by atoms with Crippen molar-refractivity contribution in [2.24, 2.45) is 29.6 Å². The van der Waals surface area contributed by atoms with Crippen molar-refractivity contribution in [1.29, 1.82) is 5.26 Å².